The zero-order valence-electron chi connectivity index (χ0n) is 9.31. The lowest BCUT2D eigenvalue weighted by atomic mass is 10.1. The monoisotopic (exact) mass is 223 g/mol. The van der Waals surface area contributed by atoms with Gasteiger partial charge in [-0.1, -0.05) is 0 Å². The Hall–Kier alpha value is -1.75. The molecule has 5 heteroatoms. The molecule has 0 bridgehead atoms. The van der Waals surface area contributed by atoms with E-state index in [9.17, 15) is 4.79 Å². The van der Waals surface area contributed by atoms with Crippen molar-refractivity contribution in [3.63, 3.8) is 0 Å². The molecule has 0 saturated carbocycles. The van der Waals surface area contributed by atoms with Crippen molar-refractivity contribution in [2.24, 2.45) is 5.73 Å². The number of amides is 1. The number of carbonyl (C=O) groups excluding carboxylic acids is 1. The van der Waals surface area contributed by atoms with Gasteiger partial charge in [0.15, 0.2) is 0 Å². The lowest BCUT2D eigenvalue weighted by molar-refractivity contribution is 0.100. The van der Waals surface area contributed by atoms with E-state index in [1.54, 1.807) is 18.2 Å². The molecule has 0 spiro atoms. The minimum atomic E-state index is -0.542. The highest BCUT2D eigenvalue weighted by molar-refractivity contribution is 5.99. The Morgan fingerprint density at radius 3 is 2.69 bits per heavy atom. The van der Waals surface area contributed by atoms with Crippen molar-refractivity contribution in [1.29, 1.82) is 0 Å². The van der Waals surface area contributed by atoms with E-state index in [-0.39, 0.29) is 6.61 Å². The number of aliphatic hydroxyl groups excluding tert-OH is 1. The van der Waals surface area contributed by atoms with Crippen molar-refractivity contribution in [3.05, 3.63) is 23.8 Å². The van der Waals surface area contributed by atoms with Crippen LogP contribution in [0.1, 0.15) is 17.3 Å². The van der Waals surface area contributed by atoms with Gasteiger partial charge in [0.2, 0.25) is 0 Å². The summed E-state index contributed by atoms with van der Waals surface area (Å²) in [7, 11) is 0. The average Bonchev–Trinajstić information content (AvgIpc) is 2.26. The van der Waals surface area contributed by atoms with E-state index in [1.165, 1.54) is 0 Å². The molecule has 0 aliphatic heterocycles. The number of benzene rings is 1. The predicted octanol–water partition coefficient (Wildman–Crippen LogP) is 0.186. The van der Waals surface area contributed by atoms with E-state index in [2.05, 4.69) is 0 Å². The van der Waals surface area contributed by atoms with E-state index >= 15 is 0 Å². The summed E-state index contributed by atoms with van der Waals surface area (Å²) in [6.07, 6.45) is 0. The number of nitrogens with two attached hydrogens (primary N) is 2. The highest BCUT2D eigenvalue weighted by atomic mass is 16.3. The Morgan fingerprint density at radius 1 is 1.50 bits per heavy atom. The normalized spacial score (nSPS) is 10.1. The van der Waals surface area contributed by atoms with Crippen LogP contribution in [0.5, 0.6) is 0 Å². The number of primary amides is 1. The predicted molar refractivity (Wildman–Crippen MR) is 64.3 cm³/mol. The summed E-state index contributed by atoms with van der Waals surface area (Å²) in [5, 5.41) is 8.90. The van der Waals surface area contributed by atoms with Crippen LogP contribution >= 0.6 is 0 Å². The third kappa shape index (κ3) is 2.64. The second-order valence-electron chi connectivity index (χ2n) is 3.44. The van der Waals surface area contributed by atoms with Gasteiger partial charge in [0.25, 0.3) is 5.91 Å². The molecule has 1 aromatic rings. The van der Waals surface area contributed by atoms with Crippen molar-refractivity contribution in [2.75, 3.05) is 30.3 Å². The molecule has 88 valence electrons. The summed E-state index contributed by atoms with van der Waals surface area (Å²) in [4.78, 5) is 13.1. The van der Waals surface area contributed by atoms with Gasteiger partial charge >= 0.3 is 0 Å². The lowest BCUT2D eigenvalue weighted by Crippen LogP contribution is -2.26. The van der Waals surface area contributed by atoms with Gasteiger partial charge in [0.05, 0.1) is 12.2 Å². The van der Waals surface area contributed by atoms with Gasteiger partial charge < -0.3 is 21.5 Å². The van der Waals surface area contributed by atoms with Gasteiger partial charge in [-0.25, -0.2) is 0 Å². The van der Waals surface area contributed by atoms with E-state index in [0.717, 1.165) is 12.2 Å². The van der Waals surface area contributed by atoms with Crippen LogP contribution in [-0.4, -0.2) is 30.7 Å². The Morgan fingerprint density at radius 2 is 2.19 bits per heavy atom. The fourth-order valence-corrected chi connectivity index (χ4v) is 1.54. The summed E-state index contributed by atoms with van der Waals surface area (Å²) in [5.74, 6) is -0.542. The Bertz CT molecular complexity index is 379. The van der Waals surface area contributed by atoms with Crippen molar-refractivity contribution >= 4 is 17.3 Å². The summed E-state index contributed by atoms with van der Waals surface area (Å²) >= 11 is 0. The number of hydrogen-bond acceptors (Lipinski definition) is 4. The maximum atomic E-state index is 11.1. The van der Waals surface area contributed by atoms with Gasteiger partial charge in [-0.05, 0) is 25.1 Å². The van der Waals surface area contributed by atoms with Gasteiger partial charge in [-0.3, -0.25) is 4.79 Å². The quantitative estimate of drug-likeness (QED) is 0.621. The number of hydrogen-bond donors (Lipinski definition) is 3. The van der Waals surface area contributed by atoms with E-state index in [0.29, 0.717) is 17.8 Å². The van der Waals surface area contributed by atoms with Gasteiger partial charge in [-0.2, -0.15) is 0 Å². The average molecular weight is 223 g/mol. The molecule has 0 aliphatic rings. The number of likely N-dealkylation sites (N-methyl/N-ethyl adjacent to an activating group) is 1. The standard InChI is InChI=1S/C11H17N3O2/c1-2-14(5-6-15)8-3-4-10(12)9(7-8)11(13)16/h3-4,7,15H,2,5-6,12H2,1H3,(H2,13,16). The molecule has 1 aromatic carbocycles. The van der Waals surface area contributed by atoms with Crippen molar-refractivity contribution < 1.29 is 9.90 Å². The highest BCUT2D eigenvalue weighted by Crippen LogP contribution is 2.20. The third-order valence-corrected chi connectivity index (χ3v) is 2.42. The smallest absolute Gasteiger partial charge is 0.250 e. The summed E-state index contributed by atoms with van der Waals surface area (Å²) < 4.78 is 0. The first-order chi connectivity index (χ1) is 7.60. The van der Waals surface area contributed by atoms with Gasteiger partial charge in [-0.15, -0.1) is 0 Å². The van der Waals surface area contributed by atoms with E-state index in [1.807, 2.05) is 11.8 Å². The van der Waals surface area contributed by atoms with Crippen LogP contribution in [0.4, 0.5) is 11.4 Å². The lowest BCUT2D eigenvalue weighted by Gasteiger charge is -2.22. The molecule has 1 rings (SSSR count). The van der Waals surface area contributed by atoms with E-state index in [4.69, 9.17) is 16.6 Å². The number of aliphatic hydroxyl groups is 1. The minimum absolute atomic E-state index is 0.0596. The van der Waals surface area contributed by atoms with Crippen LogP contribution in [-0.2, 0) is 0 Å². The number of nitrogen functional groups attached to an aromatic ring is 1. The number of nitrogens with zero attached hydrogens (tertiary/aromatic N) is 1. The second-order valence-corrected chi connectivity index (χ2v) is 3.44. The molecule has 0 unspecified atom stereocenters. The fraction of sp³-hybridized carbons (Fsp3) is 0.364. The highest BCUT2D eigenvalue weighted by Gasteiger charge is 2.10. The number of rotatable bonds is 5. The van der Waals surface area contributed by atoms with Crippen molar-refractivity contribution in [1.82, 2.24) is 0 Å². The third-order valence-electron chi connectivity index (χ3n) is 2.42. The molecular weight excluding hydrogens is 206 g/mol. The molecule has 0 saturated heterocycles. The maximum Gasteiger partial charge on any atom is 0.250 e. The first kappa shape index (κ1) is 12.3. The number of carbonyl (C=O) groups is 1. The summed E-state index contributed by atoms with van der Waals surface area (Å²) in [5.41, 5.74) is 12.4. The van der Waals surface area contributed by atoms with Crippen molar-refractivity contribution in [3.8, 4) is 0 Å². The van der Waals surface area contributed by atoms with Crippen LogP contribution in [0.3, 0.4) is 0 Å². The summed E-state index contributed by atoms with van der Waals surface area (Å²) in [6, 6.07) is 5.10. The molecule has 0 radical (unpaired) electrons. The first-order valence-electron chi connectivity index (χ1n) is 5.15. The number of anilines is 2. The molecule has 0 atom stereocenters. The fourth-order valence-electron chi connectivity index (χ4n) is 1.54. The first-order valence-corrected chi connectivity index (χ1v) is 5.15. The molecule has 0 heterocycles. The molecule has 16 heavy (non-hydrogen) atoms. The zero-order valence-corrected chi connectivity index (χ0v) is 9.31. The Balaban J connectivity index is 3.05. The summed E-state index contributed by atoms with van der Waals surface area (Å²) in [6.45, 7) is 3.28. The molecule has 5 nitrogen and oxygen atoms in total. The van der Waals surface area contributed by atoms with Crippen molar-refractivity contribution in [2.45, 2.75) is 6.92 Å². The topological polar surface area (TPSA) is 92.6 Å². The molecule has 5 N–H and O–H groups in total. The largest absolute Gasteiger partial charge is 0.398 e. The molecule has 0 fully saturated rings. The molecule has 1 amide bonds. The molecule has 0 aliphatic carbocycles. The van der Waals surface area contributed by atoms with Crippen LogP contribution in [0.25, 0.3) is 0 Å². The molecule has 0 aromatic heterocycles. The minimum Gasteiger partial charge on any atom is -0.398 e. The maximum absolute atomic E-state index is 11.1. The van der Waals surface area contributed by atoms with Crippen LogP contribution < -0.4 is 16.4 Å². The van der Waals surface area contributed by atoms with Crippen LogP contribution in [0.2, 0.25) is 0 Å². The molecular formula is C11H17N3O2. The van der Waals surface area contributed by atoms with E-state index < -0.39 is 5.91 Å². The Kier molecular flexibility index (Phi) is 4.13. The van der Waals surface area contributed by atoms with Crippen LogP contribution in [0.15, 0.2) is 18.2 Å². The Labute approximate surface area is 94.7 Å². The van der Waals surface area contributed by atoms with Gasteiger partial charge in [0.1, 0.15) is 0 Å². The van der Waals surface area contributed by atoms with Crippen LogP contribution in [0, 0.1) is 0 Å². The van der Waals surface area contributed by atoms with Gasteiger partial charge in [0, 0.05) is 24.5 Å². The zero-order chi connectivity index (χ0) is 12.1. The SMILES string of the molecule is CCN(CCO)c1ccc(N)c(C(N)=O)c1. The second kappa shape index (κ2) is 5.37.